The van der Waals surface area contributed by atoms with Gasteiger partial charge in [-0.2, -0.15) is 0 Å². The number of carbonyl (C=O) groups is 1. The van der Waals surface area contributed by atoms with E-state index in [1.165, 1.54) is 0 Å². The molecule has 0 saturated carbocycles. The number of ether oxygens (including phenoxy) is 1. The molecule has 0 atom stereocenters. The fraction of sp³-hybridized carbons (Fsp3) is 0.857. The molecular weight excluding hydrogens is 130 g/mol. The summed E-state index contributed by atoms with van der Waals surface area (Å²) in [7, 11) is 1.80. The number of likely N-dealkylation sites (N-methyl/N-ethyl adjacent to an activating group) is 1. The van der Waals surface area contributed by atoms with E-state index in [1.807, 2.05) is 0 Å². The Labute approximate surface area is 61.0 Å². The SMILES string of the molecule is CN1CCOC(C)(C)C1=O. The standard InChI is InChI=1S/C7H13NO2/c1-7(2)6(9)8(3)4-5-10-7/h4-5H2,1-3H3. The molecule has 0 aromatic rings. The minimum Gasteiger partial charge on any atom is -0.364 e. The molecule has 1 rings (SSSR count). The third-order valence-corrected chi connectivity index (χ3v) is 1.75. The molecule has 10 heavy (non-hydrogen) atoms. The Morgan fingerprint density at radius 2 is 2.20 bits per heavy atom. The molecule has 0 bridgehead atoms. The van der Waals surface area contributed by atoms with Crippen molar-refractivity contribution < 1.29 is 9.53 Å². The average Bonchev–Trinajstić information content (AvgIpc) is 1.83. The topological polar surface area (TPSA) is 29.5 Å². The van der Waals surface area contributed by atoms with E-state index in [-0.39, 0.29) is 5.91 Å². The second-order valence-electron chi connectivity index (χ2n) is 3.09. The number of carbonyl (C=O) groups excluding carboxylic acids is 1. The monoisotopic (exact) mass is 143 g/mol. The van der Waals surface area contributed by atoms with Crippen LogP contribution >= 0.6 is 0 Å². The van der Waals surface area contributed by atoms with Crippen LogP contribution in [-0.2, 0) is 9.53 Å². The highest BCUT2D eigenvalue weighted by Crippen LogP contribution is 2.16. The van der Waals surface area contributed by atoms with Crippen LogP contribution < -0.4 is 0 Å². The molecule has 1 fully saturated rings. The Kier molecular flexibility index (Phi) is 1.68. The predicted molar refractivity (Wildman–Crippen MR) is 37.7 cm³/mol. The zero-order valence-electron chi connectivity index (χ0n) is 6.68. The first-order valence-corrected chi connectivity index (χ1v) is 3.43. The minimum absolute atomic E-state index is 0.0683. The highest BCUT2D eigenvalue weighted by Gasteiger charge is 2.34. The molecule has 0 aliphatic carbocycles. The van der Waals surface area contributed by atoms with Gasteiger partial charge in [0.2, 0.25) is 0 Å². The fourth-order valence-electron chi connectivity index (χ4n) is 1.06. The van der Waals surface area contributed by atoms with Gasteiger partial charge in [-0.1, -0.05) is 0 Å². The molecular formula is C7H13NO2. The van der Waals surface area contributed by atoms with Crippen LogP contribution in [0.4, 0.5) is 0 Å². The van der Waals surface area contributed by atoms with Crippen LogP contribution in [0.5, 0.6) is 0 Å². The second-order valence-corrected chi connectivity index (χ2v) is 3.09. The van der Waals surface area contributed by atoms with E-state index in [4.69, 9.17) is 4.74 Å². The summed E-state index contributed by atoms with van der Waals surface area (Å²) in [5.74, 6) is 0.0683. The van der Waals surface area contributed by atoms with Crippen LogP contribution in [0, 0.1) is 0 Å². The van der Waals surface area contributed by atoms with Crippen molar-refractivity contribution in [3.8, 4) is 0 Å². The largest absolute Gasteiger partial charge is 0.364 e. The van der Waals surface area contributed by atoms with Crippen molar-refractivity contribution in [1.82, 2.24) is 4.90 Å². The van der Waals surface area contributed by atoms with Crippen molar-refractivity contribution in [2.75, 3.05) is 20.2 Å². The van der Waals surface area contributed by atoms with Crippen molar-refractivity contribution in [3.05, 3.63) is 0 Å². The predicted octanol–water partition coefficient (Wildman–Crippen LogP) is 0.254. The molecule has 0 aromatic heterocycles. The zero-order valence-corrected chi connectivity index (χ0v) is 6.68. The van der Waals surface area contributed by atoms with Gasteiger partial charge in [-0.25, -0.2) is 0 Å². The van der Waals surface area contributed by atoms with E-state index in [9.17, 15) is 4.79 Å². The van der Waals surface area contributed by atoms with Gasteiger partial charge in [-0.15, -0.1) is 0 Å². The molecule has 3 heteroatoms. The van der Waals surface area contributed by atoms with Crippen LogP contribution in [0.15, 0.2) is 0 Å². The van der Waals surface area contributed by atoms with Crippen molar-refractivity contribution >= 4 is 5.91 Å². The van der Waals surface area contributed by atoms with Crippen LogP contribution in [0.1, 0.15) is 13.8 Å². The number of nitrogens with zero attached hydrogens (tertiary/aromatic N) is 1. The quantitative estimate of drug-likeness (QED) is 0.486. The van der Waals surface area contributed by atoms with Crippen LogP contribution in [-0.4, -0.2) is 36.6 Å². The lowest BCUT2D eigenvalue weighted by atomic mass is 10.1. The Bertz CT molecular complexity index is 154. The van der Waals surface area contributed by atoms with Crippen LogP contribution in [0.25, 0.3) is 0 Å². The lowest BCUT2D eigenvalue weighted by Crippen LogP contribution is -2.51. The summed E-state index contributed by atoms with van der Waals surface area (Å²) in [4.78, 5) is 12.9. The van der Waals surface area contributed by atoms with E-state index in [0.29, 0.717) is 13.2 Å². The molecule has 0 unspecified atom stereocenters. The summed E-state index contributed by atoms with van der Waals surface area (Å²) >= 11 is 0. The summed E-state index contributed by atoms with van der Waals surface area (Å²) in [6, 6.07) is 0. The first kappa shape index (κ1) is 7.54. The van der Waals surface area contributed by atoms with Gasteiger partial charge in [0.05, 0.1) is 6.61 Å². The van der Waals surface area contributed by atoms with Crippen LogP contribution in [0.3, 0.4) is 0 Å². The smallest absolute Gasteiger partial charge is 0.254 e. The highest BCUT2D eigenvalue weighted by molar-refractivity contribution is 5.84. The number of amides is 1. The molecule has 58 valence electrons. The third-order valence-electron chi connectivity index (χ3n) is 1.75. The Balaban J connectivity index is 2.70. The molecule has 1 aliphatic heterocycles. The lowest BCUT2D eigenvalue weighted by molar-refractivity contribution is -0.163. The molecule has 1 amide bonds. The van der Waals surface area contributed by atoms with Gasteiger partial charge in [0.25, 0.3) is 5.91 Å². The van der Waals surface area contributed by atoms with Crippen molar-refractivity contribution in [2.45, 2.75) is 19.4 Å². The summed E-state index contributed by atoms with van der Waals surface area (Å²) in [5.41, 5.74) is -0.604. The maximum absolute atomic E-state index is 11.2. The first-order valence-electron chi connectivity index (χ1n) is 3.43. The van der Waals surface area contributed by atoms with E-state index in [2.05, 4.69) is 0 Å². The Morgan fingerprint density at radius 1 is 1.60 bits per heavy atom. The molecule has 1 aliphatic rings. The average molecular weight is 143 g/mol. The molecule has 0 radical (unpaired) electrons. The number of hydrogen-bond donors (Lipinski definition) is 0. The number of hydrogen-bond acceptors (Lipinski definition) is 2. The third kappa shape index (κ3) is 1.14. The summed E-state index contributed by atoms with van der Waals surface area (Å²) in [6.45, 7) is 4.95. The minimum atomic E-state index is -0.604. The maximum atomic E-state index is 11.2. The van der Waals surface area contributed by atoms with E-state index >= 15 is 0 Å². The molecule has 3 nitrogen and oxygen atoms in total. The van der Waals surface area contributed by atoms with Gasteiger partial charge in [-0.3, -0.25) is 4.79 Å². The van der Waals surface area contributed by atoms with Gasteiger partial charge in [0.1, 0.15) is 5.60 Å². The Hall–Kier alpha value is -0.570. The van der Waals surface area contributed by atoms with Gasteiger partial charge in [0, 0.05) is 13.6 Å². The van der Waals surface area contributed by atoms with Gasteiger partial charge in [-0.05, 0) is 13.8 Å². The van der Waals surface area contributed by atoms with Crippen molar-refractivity contribution in [2.24, 2.45) is 0 Å². The molecule has 0 N–H and O–H groups in total. The van der Waals surface area contributed by atoms with Crippen molar-refractivity contribution in [3.63, 3.8) is 0 Å². The summed E-state index contributed by atoms with van der Waals surface area (Å²) < 4.78 is 5.26. The number of rotatable bonds is 0. The summed E-state index contributed by atoms with van der Waals surface area (Å²) in [5, 5.41) is 0. The number of morpholine rings is 1. The van der Waals surface area contributed by atoms with Crippen LogP contribution in [0.2, 0.25) is 0 Å². The fourth-order valence-corrected chi connectivity index (χ4v) is 1.06. The maximum Gasteiger partial charge on any atom is 0.254 e. The lowest BCUT2D eigenvalue weighted by Gasteiger charge is -2.34. The van der Waals surface area contributed by atoms with Gasteiger partial charge in [0.15, 0.2) is 0 Å². The van der Waals surface area contributed by atoms with E-state index in [0.717, 1.165) is 0 Å². The van der Waals surface area contributed by atoms with E-state index in [1.54, 1.807) is 25.8 Å². The molecule has 0 aromatic carbocycles. The Morgan fingerprint density at radius 3 is 2.60 bits per heavy atom. The molecule has 0 spiro atoms. The van der Waals surface area contributed by atoms with Gasteiger partial charge >= 0.3 is 0 Å². The highest BCUT2D eigenvalue weighted by atomic mass is 16.5. The normalized spacial score (nSPS) is 25.1. The summed E-state index contributed by atoms with van der Waals surface area (Å²) in [6.07, 6.45) is 0. The molecule has 1 heterocycles. The molecule has 1 saturated heterocycles. The van der Waals surface area contributed by atoms with E-state index < -0.39 is 5.60 Å². The zero-order chi connectivity index (χ0) is 7.78. The van der Waals surface area contributed by atoms with Crippen molar-refractivity contribution in [1.29, 1.82) is 0 Å². The van der Waals surface area contributed by atoms with Gasteiger partial charge < -0.3 is 9.64 Å². The first-order chi connectivity index (χ1) is 4.54. The second kappa shape index (κ2) is 2.23.